The second-order valence-electron chi connectivity index (χ2n) is 15.6. The molecule has 4 N–H and O–H groups in total. The fourth-order valence-corrected chi connectivity index (χ4v) is 8.46. The van der Waals surface area contributed by atoms with Crippen molar-refractivity contribution in [3.8, 4) is 11.1 Å². The lowest BCUT2D eigenvalue weighted by atomic mass is 9.97. The van der Waals surface area contributed by atoms with Gasteiger partial charge in [0.2, 0.25) is 0 Å². The minimum Gasteiger partial charge on any atom is -0.467 e. The molecule has 0 bridgehead atoms. The highest BCUT2D eigenvalue weighted by atomic mass is 16.7. The SMILES string of the molecule is COC(=O)[C@H](Cc1ccccc1)NC(=O)NCc1ccccc1-c1ccc([C@H]2O[C@@H](CN3CCC(n4c(=O)[nH]c5ccccc54)CC3)C[C@@H](c3ccc(CO)cc3)O2)cc1. The normalized spacial score (nSPS) is 19.1. The molecule has 12 heteroatoms. The number of nitrogens with zero attached hydrogens (tertiary/aromatic N) is 2. The summed E-state index contributed by atoms with van der Waals surface area (Å²) >= 11 is 0. The van der Waals surface area contributed by atoms with E-state index < -0.39 is 24.3 Å². The largest absolute Gasteiger partial charge is 0.467 e. The van der Waals surface area contributed by atoms with Gasteiger partial charge in [-0.1, -0.05) is 115 Å². The lowest BCUT2D eigenvalue weighted by Gasteiger charge is -2.40. The van der Waals surface area contributed by atoms with Gasteiger partial charge >= 0.3 is 17.7 Å². The number of hydrogen-bond donors (Lipinski definition) is 4. The minimum absolute atomic E-state index is 0.0237. The van der Waals surface area contributed by atoms with Gasteiger partial charge in [-0.05, 0) is 58.4 Å². The van der Waals surface area contributed by atoms with Gasteiger partial charge in [0.15, 0.2) is 6.29 Å². The number of hydrogen-bond acceptors (Lipinski definition) is 8. The number of nitrogens with one attached hydrogen (secondary N) is 3. The molecule has 310 valence electrons. The Morgan fingerprint density at radius 2 is 1.53 bits per heavy atom. The molecule has 0 saturated carbocycles. The van der Waals surface area contributed by atoms with E-state index in [1.165, 1.54) is 7.11 Å². The smallest absolute Gasteiger partial charge is 0.328 e. The molecular formula is C48H51N5O7. The second kappa shape index (κ2) is 18.9. The number of aliphatic hydroxyl groups excluding tert-OH is 1. The summed E-state index contributed by atoms with van der Waals surface area (Å²) in [4.78, 5) is 43.9. The number of aliphatic hydroxyl groups is 1. The Labute approximate surface area is 349 Å². The quantitative estimate of drug-likeness (QED) is 0.0917. The number of carbonyl (C=O) groups is 2. The van der Waals surface area contributed by atoms with Gasteiger partial charge < -0.3 is 39.8 Å². The average molecular weight is 810 g/mol. The number of benzene rings is 5. The molecule has 0 aliphatic carbocycles. The highest BCUT2D eigenvalue weighted by molar-refractivity contribution is 5.84. The van der Waals surface area contributed by atoms with E-state index in [1.54, 1.807) is 0 Å². The third kappa shape index (κ3) is 9.53. The number of fused-ring (bicyclic) bond motifs is 1. The molecule has 2 aliphatic rings. The molecule has 0 spiro atoms. The molecule has 2 amide bonds. The van der Waals surface area contributed by atoms with Gasteiger partial charge in [-0.2, -0.15) is 0 Å². The molecular weight excluding hydrogens is 759 g/mol. The number of piperidine rings is 1. The molecule has 0 radical (unpaired) electrons. The van der Waals surface area contributed by atoms with E-state index in [9.17, 15) is 19.5 Å². The van der Waals surface area contributed by atoms with Crippen LogP contribution in [-0.2, 0) is 38.6 Å². The van der Waals surface area contributed by atoms with Crippen LogP contribution in [0.3, 0.4) is 0 Å². The summed E-state index contributed by atoms with van der Waals surface area (Å²) in [5.74, 6) is -0.515. The minimum atomic E-state index is -0.834. The number of methoxy groups -OCH3 is 1. The third-order valence-corrected chi connectivity index (χ3v) is 11.6. The van der Waals surface area contributed by atoms with Crippen molar-refractivity contribution in [2.75, 3.05) is 26.7 Å². The van der Waals surface area contributed by atoms with Crippen molar-refractivity contribution in [3.05, 3.63) is 166 Å². The summed E-state index contributed by atoms with van der Waals surface area (Å²) in [5.41, 5.74) is 8.27. The Morgan fingerprint density at radius 3 is 2.28 bits per heavy atom. The predicted octanol–water partition coefficient (Wildman–Crippen LogP) is 6.95. The Kier molecular flexibility index (Phi) is 12.8. The van der Waals surface area contributed by atoms with E-state index in [-0.39, 0.29) is 37.1 Å². The number of amides is 2. The maximum atomic E-state index is 13.1. The molecule has 4 atom stereocenters. The number of aromatic amines is 1. The first-order valence-corrected chi connectivity index (χ1v) is 20.6. The van der Waals surface area contributed by atoms with Crippen LogP contribution in [0.4, 0.5) is 4.79 Å². The van der Waals surface area contributed by atoms with Crippen LogP contribution < -0.4 is 16.3 Å². The maximum Gasteiger partial charge on any atom is 0.328 e. The fraction of sp³-hybridized carbons (Fsp3) is 0.312. The van der Waals surface area contributed by atoms with Crippen LogP contribution in [0, 0.1) is 0 Å². The van der Waals surface area contributed by atoms with Gasteiger partial charge in [-0.3, -0.25) is 4.57 Å². The van der Waals surface area contributed by atoms with E-state index in [4.69, 9.17) is 14.2 Å². The zero-order chi connectivity index (χ0) is 41.4. The second-order valence-corrected chi connectivity index (χ2v) is 15.6. The number of rotatable bonds is 13. The van der Waals surface area contributed by atoms with Crippen LogP contribution in [0.15, 0.2) is 132 Å². The molecule has 1 aromatic heterocycles. The highest BCUT2D eigenvalue weighted by Gasteiger charge is 2.34. The summed E-state index contributed by atoms with van der Waals surface area (Å²) < 4.78 is 20.3. The number of imidazole rings is 1. The van der Waals surface area contributed by atoms with Crippen LogP contribution in [0.5, 0.6) is 0 Å². The molecule has 2 fully saturated rings. The van der Waals surface area contributed by atoms with Crippen LogP contribution in [-0.4, -0.2) is 70.4 Å². The van der Waals surface area contributed by atoms with E-state index in [0.717, 1.165) is 82.5 Å². The summed E-state index contributed by atoms with van der Waals surface area (Å²) in [7, 11) is 1.31. The van der Waals surface area contributed by atoms with E-state index >= 15 is 0 Å². The van der Waals surface area contributed by atoms with Crippen LogP contribution >= 0.6 is 0 Å². The van der Waals surface area contributed by atoms with Gasteiger partial charge in [-0.15, -0.1) is 0 Å². The molecule has 8 rings (SSSR count). The Morgan fingerprint density at radius 1 is 0.833 bits per heavy atom. The first kappa shape index (κ1) is 40.7. The number of carbonyl (C=O) groups excluding carboxylic acids is 2. The van der Waals surface area contributed by atoms with Crippen molar-refractivity contribution in [1.29, 1.82) is 0 Å². The average Bonchev–Trinajstić information content (AvgIpc) is 3.64. The van der Waals surface area contributed by atoms with Crippen molar-refractivity contribution in [3.63, 3.8) is 0 Å². The monoisotopic (exact) mass is 809 g/mol. The topological polar surface area (TPSA) is 147 Å². The molecule has 6 aromatic rings. The molecule has 12 nitrogen and oxygen atoms in total. The molecule has 3 heterocycles. The first-order chi connectivity index (χ1) is 29.3. The third-order valence-electron chi connectivity index (χ3n) is 11.6. The zero-order valence-electron chi connectivity index (χ0n) is 33.7. The lowest BCUT2D eigenvalue weighted by molar-refractivity contribution is -0.253. The van der Waals surface area contributed by atoms with Gasteiger partial charge in [-0.25, -0.2) is 14.4 Å². The number of likely N-dealkylation sites (tertiary alicyclic amines) is 1. The van der Waals surface area contributed by atoms with Gasteiger partial charge in [0.05, 0.1) is 37.0 Å². The number of para-hydroxylation sites is 2. The van der Waals surface area contributed by atoms with Crippen molar-refractivity contribution >= 4 is 23.0 Å². The van der Waals surface area contributed by atoms with Crippen LogP contribution in [0.2, 0.25) is 0 Å². The van der Waals surface area contributed by atoms with Crippen LogP contribution in [0.25, 0.3) is 22.2 Å². The van der Waals surface area contributed by atoms with E-state index in [2.05, 4.69) is 20.5 Å². The maximum absolute atomic E-state index is 13.1. The standard InChI is InChI=1S/C48H51N5O7/c1-58-45(55)42(27-32-9-3-2-4-10-32)50-47(56)49-29-37-11-5-6-12-40(37)34-19-21-36(22-20-34)46-59-39(28-44(60-46)35-17-15-33(31-54)16-18-35)30-52-25-23-38(24-26-52)53-43-14-8-7-13-41(43)51-48(53)57/h2-22,38-39,42,44,46,54H,23-31H2,1H3,(H,51,57)(H2,49,50,56)/t39-,42+,44+,46+/m1/s1. The van der Waals surface area contributed by atoms with E-state index in [0.29, 0.717) is 12.8 Å². The summed E-state index contributed by atoms with van der Waals surface area (Å²) in [6.45, 7) is 2.65. The fourth-order valence-electron chi connectivity index (χ4n) is 8.46. The van der Waals surface area contributed by atoms with Gasteiger partial charge in [0.1, 0.15) is 6.04 Å². The van der Waals surface area contributed by atoms with Crippen LogP contribution in [0.1, 0.15) is 65.5 Å². The van der Waals surface area contributed by atoms with Crippen molar-refractivity contribution < 1.29 is 28.9 Å². The van der Waals surface area contributed by atoms with Gasteiger partial charge in [0, 0.05) is 50.6 Å². The number of ether oxygens (including phenoxy) is 3. The number of esters is 1. The summed E-state index contributed by atoms with van der Waals surface area (Å²) in [6.07, 6.45) is 1.79. The zero-order valence-corrected chi connectivity index (χ0v) is 33.7. The number of aromatic nitrogens is 2. The van der Waals surface area contributed by atoms with Crippen molar-refractivity contribution in [1.82, 2.24) is 25.1 Å². The summed E-state index contributed by atoms with van der Waals surface area (Å²) in [6, 6.07) is 40.1. The van der Waals surface area contributed by atoms with Crippen molar-refractivity contribution in [2.24, 2.45) is 0 Å². The van der Waals surface area contributed by atoms with E-state index in [1.807, 2.05) is 132 Å². The molecule has 5 aromatic carbocycles. The Balaban J connectivity index is 0.936. The highest BCUT2D eigenvalue weighted by Crippen LogP contribution is 2.39. The lowest BCUT2D eigenvalue weighted by Crippen LogP contribution is -2.47. The molecule has 0 unspecified atom stereocenters. The predicted molar refractivity (Wildman–Crippen MR) is 229 cm³/mol. The van der Waals surface area contributed by atoms with Gasteiger partial charge in [0.25, 0.3) is 0 Å². The Hall–Kier alpha value is -6.05. The first-order valence-electron chi connectivity index (χ1n) is 20.6. The Bertz CT molecular complexity index is 2420. The molecule has 2 aliphatic heterocycles. The number of urea groups is 1. The molecule has 2 saturated heterocycles. The van der Waals surface area contributed by atoms with Crippen molar-refractivity contribution in [2.45, 2.75) is 69.4 Å². The number of H-pyrrole nitrogens is 1. The summed E-state index contributed by atoms with van der Waals surface area (Å²) in [5, 5.41) is 15.4. The molecule has 60 heavy (non-hydrogen) atoms.